The molecule has 2 heterocycles. The van der Waals surface area contributed by atoms with Crippen LogP contribution in [0, 0.1) is 0 Å². The van der Waals surface area contributed by atoms with Gasteiger partial charge in [-0.2, -0.15) is 5.10 Å². The molecule has 2 aromatic carbocycles. The number of fused-ring (bicyclic) bond motifs is 1. The predicted molar refractivity (Wildman–Crippen MR) is 95.4 cm³/mol. The Bertz CT molecular complexity index is 811. The number of hydrogen-bond donors (Lipinski definition) is 2. The summed E-state index contributed by atoms with van der Waals surface area (Å²) >= 11 is 0. The lowest BCUT2D eigenvalue weighted by atomic mass is 10.1. The van der Waals surface area contributed by atoms with Gasteiger partial charge in [0.2, 0.25) is 0 Å². The quantitative estimate of drug-likeness (QED) is 0.770. The number of aromatic nitrogens is 2. The molecule has 0 fully saturated rings. The monoisotopic (exact) mass is 320 g/mol. The van der Waals surface area contributed by atoms with Gasteiger partial charge in [0, 0.05) is 24.7 Å². The van der Waals surface area contributed by atoms with Crippen LogP contribution in [0.1, 0.15) is 12.5 Å². The maximum absolute atomic E-state index is 5.85. The molecule has 0 aliphatic carbocycles. The number of para-hydroxylation sites is 1. The SMILES string of the molecule is NCC1CCNc2cc(-c3ccc(Oc4ccccc4)cc3)nn21. The third-order valence-corrected chi connectivity index (χ3v) is 4.27. The lowest BCUT2D eigenvalue weighted by Gasteiger charge is -2.24. The average molecular weight is 320 g/mol. The molecule has 1 unspecified atom stereocenters. The van der Waals surface area contributed by atoms with Crippen molar-refractivity contribution in [1.82, 2.24) is 9.78 Å². The van der Waals surface area contributed by atoms with Crippen molar-refractivity contribution in [2.24, 2.45) is 5.73 Å². The molecule has 1 aromatic heterocycles. The number of anilines is 1. The lowest BCUT2D eigenvalue weighted by molar-refractivity contribution is 0.429. The summed E-state index contributed by atoms with van der Waals surface area (Å²) in [6, 6.07) is 20.1. The van der Waals surface area contributed by atoms with Crippen molar-refractivity contribution < 1.29 is 4.74 Å². The van der Waals surface area contributed by atoms with Crippen LogP contribution in [0.15, 0.2) is 60.7 Å². The number of benzene rings is 2. The van der Waals surface area contributed by atoms with Crippen LogP contribution in [0.3, 0.4) is 0 Å². The fraction of sp³-hybridized carbons (Fsp3) is 0.211. The summed E-state index contributed by atoms with van der Waals surface area (Å²) in [4.78, 5) is 0. The molecule has 0 radical (unpaired) electrons. The minimum Gasteiger partial charge on any atom is -0.457 e. The van der Waals surface area contributed by atoms with Crippen molar-refractivity contribution in [1.29, 1.82) is 0 Å². The van der Waals surface area contributed by atoms with Gasteiger partial charge in [-0.15, -0.1) is 0 Å². The van der Waals surface area contributed by atoms with E-state index in [9.17, 15) is 0 Å². The van der Waals surface area contributed by atoms with E-state index in [1.807, 2.05) is 59.3 Å². The van der Waals surface area contributed by atoms with Crippen molar-refractivity contribution in [3.8, 4) is 22.8 Å². The first-order valence-corrected chi connectivity index (χ1v) is 8.20. The summed E-state index contributed by atoms with van der Waals surface area (Å²) in [5, 5.41) is 8.10. The summed E-state index contributed by atoms with van der Waals surface area (Å²) in [6.07, 6.45) is 1.01. The van der Waals surface area contributed by atoms with Gasteiger partial charge in [-0.3, -0.25) is 0 Å². The van der Waals surface area contributed by atoms with Crippen molar-refractivity contribution >= 4 is 5.82 Å². The number of rotatable bonds is 4. The standard InChI is InChI=1S/C19H20N4O/c20-13-15-10-11-21-19-12-18(22-23(15)19)14-6-8-17(9-7-14)24-16-4-2-1-3-5-16/h1-9,12,15,21H,10-11,13,20H2. The number of nitrogens with one attached hydrogen (secondary N) is 1. The molecule has 0 saturated carbocycles. The minimum absolute atomic E-state index is 0.274. The maximum Gasteiger partial charge on any atom is 0.127 e. The fourth-order valence-corrected chi connectivity index (χ4v) is 2.97. The van der Waals surface area contributed by atoms with Crippen molar-refractivity contribution in [2.75, 3.05) is 18.4 Å². The highest BCUT2D eigenvalue weighted by atomic mass is 16.5. The van der Waals surface area contributed by atoms with E-state index >= 15 is 0 Å². The Labute approximate surface area is 141 Å². The fourth-order valence-electron chi connectivity index (χ4n) is 2.97. The summed E-state index contributed by atoms with van der Waals surface area (Å²) in [6.45, 7) is 1.55. The van der Waals surface area contributed by atoms with Gasteiger partial charge in [0.15, 0.2) is 0 Å². The highest BCUT2D eigenvalue weighted by Gasteiger charge is 2.20. The second-order valence-electron chi connectivity index (χ2n) is 5.90. The summed E-state index contributed by atoms with van der Waals surface area (Å²) < 4.78 is 7.84. The van der Waals surface area contributed by atoms with E-state index in [0.29, 0.717) is 6.54 Å². The van der Waals surface area contributed by atoms with Crippen LogP contribution in [0.2, 0.25) is 0 Å². The molecule has 5 nitrogen and oxygen atoms in total. The van der Waals surface area contributed by atoms with E-state index in [-0.39, 0.29) is 6.04 Å². The molecule has 0 amide bonds. The minimum atomic E-state index is 0.274. The van der Waals surface area contributed by atoms with Gasteiger partial charge in [-0.25, -0.2) is 4.68 Å². The van der Waals surface area contributed by atoms with E-state index < -0.39 is 0 Å². The number of hydrogen-bond acceptors (Lipinski definition) is 4. The molecule has 1 aliphatic rings. The van der Waals surface area contributed by atoms with E-state index in [2.05, 4.69) is 11.4 Å². The van der Waals surface area contributed by atoms with Gasteiger partial charge in [0.1, 0.15) is 17.3 Å². The molecule has 0 spiro atoms. The normalized spacial score (nSPS) is 16.3. The Hall–Kier alpha value is -2.79. The van der Waals surface area contributed by atoms with Crippen LogP contribution >= 0.6 is 0 Å². The molecule has 4 rings (SSSR count). The third kappa shape index (κ3) is 2.86. The Morgan fingerprint density at radius 1 is 1.08 bits per heavy atom. The molecular formula is C19H20N4O. The maximum atomic E-state index is 5.85. The molecule has 122 valence electrons. The summed E-state index contributed by atoms with van der Waals surface area (Å²) in [5.74, 6) is 2.68. The first kappa shape index (κ1) is 14.8. The van der Waals surface area contributed by atoms with Crippen LogP contribution in [0.25, 0.3) is 11.3 Å². The topological polar surface area (TPSA) is 65.1 Å². The van der Waals surface area contributed by atoms with Crippen molar-refractivity contribution in [3.63, 3.8) is 0 Å². The van der Waals surface area contributed by atoms with E-state index in [1.165, 1.54) is 0 Å². The molecular weight excluding hydrogens is 300 g/mol. The van der Waals surface area contributed by atoms with E-state index in [4.69, 9.17) is 15.6 Å². The first-order chi connectivity index (χ1) is 11.8. The molecule has 3 N–H and O–H groups in total. The molecule has 1 aliphatic heterocycles. The second kappa shape index (κ2) is 6.37. The Morgan fingerprint density at radius 2 is 1.83 bits per heavy atom. The van der Waals surface area contributed by atoms with Crippen LogP contribution < -0.4 is 15.8 Å². The van der Waals surface area contributed by atoms with E-state index in [1.54, 1.807) is 0 Å². The molecule has 5 heteroatoms. The second-order valence-corrected chi connectivity index (χ2v) is 5.90. The Morgan fingerprint density at radius 3 is 2.58 bits per heavy atom. The zero-order valence-electron chi connectivity index (χ0n) is 13.4. The highest BCUT2D eigenvalue weighted by molar-refractivity contribution is 5.64. The largest absolute Gasteiger partial charge is 0.457 e. The summed E-state index contributed by atoms with van der Waals surface area (Å²) in [5.41, 5.74) is 7.87. The molecule has 0 saturated heterocycles. The van der Waals surface area contributed by atoms with Crippen LogP contribution in [-0.4, -0.2) is 22.9 Å². The Kier molecular flexibility index (Phi) is 3.92. The van der Waals surface area contributed by atoms with E-state index in [0.717, 1.165) is 41.5 Å². The molecule has 0 bridgehead atoms. The van der Waals surface area contributed by atoms with Gasteiger partial charge in [0.25, 0.3) is 0 Å². The highest BCUT2D eigenvalue weighted by Crippen LogP contribution is 2.30. The average Bonchev–Trinajstić information content (AvgIpc) is 3.07. The number of nitrogens with two attached hydrogens (primary N) is 1. The van der Waals surface area contributed by atoms with Gasteiger partial charge in [0.05, 0.1) is 11.7 Å². The zero-order chi connectivity index (χ0) is 16.4. The zero-order valence-corrected chi connectivity index (χ0v) is 13.4. The van der Waals surface area contributed by atoms with Gasteiger partial charge >= 0.3 is 0 Å². The van der Waals surface area contributed by atoms with Gasteiger partial charge < -0.3 is 15.8 Å². The Balaban J connectivity index is 1.56. The van der Waals surface area contributed by atoms with Crippen LogP contribution in [0.5, 0.6) is 11.5 Å². The summed E-state index contributed by atoms with van der Waals surface area (Å²) in [7, 11) is 0. The van der Waals surface area contributed by atoms with Gasteiger partial charge in [-0.05, 0) is 42.8 Å². The third-order valence-electron chi connectivity index (χ3n) is 4.27. The lowest BCUT2D eigenvalue weighted by Crippen LogP contribution is -2.28. The van der Waals surface area contributed by atoms with Crippen LogP contribution in [-0.2, 0) is 0 Å². The van der Waals surface area contributed by atoms with Gasteiger partial charge in [-0.1, -0.05) is 18.2 Å². The van der Waals surface area contributed by atoms with Crippen molar-refractivity contribution in [2.45, 2.75) is 12.5 Å². The number of nitrogens with zero attached hydrogens (tertiary/aromatic N) is 2. The van der Waals surface area contributed by atoms with Crippen LogP contribution in [0.4, 0.5) is 5.82 Å². The molecule has 24 heavy (non-hydrogen) atoms. The smallest absolute Gasteiger partial charge is 0.127 e. The first-order valence-electron chi connectivity index (χ1n) is 8.20. The molecule has 3 aromatic rings. The predicted octanol–water partition coefficient (Wildman–Crippen LogP) is 3.66. The molecule has 1 atom stereocenters. The number of ether oxygens (including phenoxy) is 1. The van der Waals surface area contributed by atoms with Crippen molar-refractivity contribution in [3.05, 3.63) is 60.7 Å².